The quantitative estimate of drug-likeness (QED) is 0.653. The standard InChI is InChI=1S/C17H22N4O3S/c1-6-24-13-9-11(7-8-12(13)23-5)10-18-21-15(22)14(17(2,3)4)19-20-16(21)25/h7-10H,6H2,1-5H3,(H,20,25)/b18-10-. The summed E-state index contributed by atoms with van der Waals surface area (Å²) in [6.45, 7) is 8.11. The Morgan fingerprint density at radius 1 is 1.36 bits per heavy atom. The average molecular weight is 362 g/mol. The first kappa shape index (κ1) is 18.9. The summed E-state index contributed by atoms with van der Waals surface area (Å²) in [5, 5.41) is 10.9. The zero-order valence-corrected chi connectivity index (χ0v) is 15.8. The molecule has 0 fully saturated rings. The molecule has 8 heteroatoms. The molecule has 2 aromatic rings. The van der Waals surface area contributed by atoms with Crippen LogP contribution in [0.5, 0.6) is 11.5 Å². The summed E-state index contributed by atoms with van der Waals surface area (Å²) in [4.78, 5) is 12.6. The molecule has 0 amide bonds. The second kappa shape index (κ2) is 7.60. The molecule has 0 unspecified atom stereocenters. The molecule has 0 spiro atoms. The minimum atomic E-state index is -0.421. The number of aromatic amines is 1. The molecule has 0 bridgehead atoms. The maximum Gasteiger partial charge on any atom is 0.297 e. The number of H-pyrrole nitrogens is 1. The van der Waals surface area contributed by atoms with E-state index in [1.807, 2.05) is 33.8 Å². The van der Waals surface area contributed by atoms with Crippen molar-refractivity contribution < 1.29 is 9.47 Å². The molecule has 0 atom stereocenters. The summed E-state index contributed by atoms with van der Waals surface area (Å²) in [7, 11) is 1.58. The van der Waals surface area contributed by atoms with E-state index in [0.29, 0.717) is 23.8 Å². The normalized spacial score (nSPS) is 11.7. The largest absolute Gasteiger partial charge is 0.493 e. The smallest absolute Gasteiger partial charge is 0.297 e. The van der Waals surface area contributed by atoms with Crippen molar-refractivity contribution in [2.24, 2.45) is 5.10 Å². The van der Waals surface area contributed by atoms with E-state index in [1.165, 1.54) is 0 Å². The lowest BCUT2D eigenvalue weighted by molar-refractivity contribution is 0.311. The number of aromatic nitrogens is 3. The van der Waals surface area contributed by atoms with Crippen LogP contribution in [0.25, 0.3) is 0 Å². The number of methoxy groups -OCH3 is 1. The third-order valence-corrected chi connectivity index (χ3v) is 3.64. The van der Waals surface area contributed by atoms with Gasteiger partial charge in [-0.15, -0.1) is 0 Å². The molecule has 1 aromatic heterocycles. The third kappa shape index (κ3) is 4.33. The highest BCUT2D eigenvalue weighted by atomic mass is 32.1. The monoisotopic (exact) mass is 362 g/mol. The molecule has 0 saturated heterocycles. The lowest BCUT2D eigenvalue weighted by atomic mass is 9.93. The van der Waals surface area contributed by atoms with Gasteiger partial charge in [0, 0.05) is 5.41 Å². The predicted molar refractivity (Wildman–Crippen MR) is 99.5 cm³/mol. The Morgan fingerprint density at radius 3 is 2.68 bits per heavy atom. The molecule has 0 aliphatic carbocycles. The van der Waals surface area contributed by atoms with Crippen LogP contribution in [0.1, 0.15) is 39.0 Å². The van der Waals surface area contributed by atoms with Crippen LogP contribution in [0.2, 0.25) is 0 Å². The van der Waals surface area contributed by atoms with Crippen molar-refractivity contribution in [3.05, 3.63) is 44.6 Å². The van der Waals surface area contributed by atoms with Gasteiger partial charge < -0.3 is 9.47 Å². The van der Waals surface area contributed by atoms with Gasteiger partial charge in [-0.05, 0) is 42.9 Å². The summed E-state index contributed by atoms with van der Waals surface area (Å²) >= 11 is 5.13. The number of hydrogen-bond donors (Lipinski definition) is 1. The maximum atomic E-state index is 12.6. The summed E-state index contributed by atoms with van der Waals surface area (Å²) in [6, 6.07) is 5.38. The first-order chi connectivity index (χ1) is 11.8. The molecule has 25 heavy (non-hydrogen) atoms. The third-order valence-electron chi connectivity index (χ3n) is 3.37. The van der Waals surface area contributed by atoms with Crippen LogP contribution in [-0.2, 0) is 5.41 Å². The summed E-state index contributed by atoms with van der Waals surface area (Å²) < 4.78 is 12.1. The van der Waals surface area contributed by atoms with Gasteiger partial charge in [0.15, 0.2) is 11.5 Å². The number of hydrogen-bond acceptors (Lipinski definition) is 6. The van der Waals surface area contributed by atoms with Crippen molar-refractivity contribution in [2.45, 2.75) is 33.1 Å². The maximum absolute atomic E-state index is 12.6. The summed E-state index contributed by atoms with van der Waals surface area (Å²) in [5.41, 5.74) is 0.351. The van der Waals surface area contributed by atoms with Gasteiger partial charge in [0.05, 0.1) is 19.9 Å². The fraction of sp³-hybridized carbons (Fsp3) is 0.412. The van der Waals surface area contributed by atoms with Crippen LogP contribution >= 0.6 is 12.2 Å². The van der Waals surface area contributed by atoms with E-state index >= 15 is 0 Å². The Balaban J connectivity index is 2.45. The van der Waals surface area contributed by atoms with Crippen LogP contribution in [-0.4, -0.2) is 34.8 Å². The predicted octanol–water partition coefficient (Wildman–Crippen LogP) is 2.89. The molecule has 1 N–H and O–H groups in total. The van der Waals surface area contributed by atoms with E-state index in [1.54, 1.807) is 25.5 Å². The highest BCUT2D eigenvalue weighted by Gasteiger charge is 2.21. The minimum Gasteiger partial charge on any atom is -0.493 e. The van der Waals surface area contributed by atoms with Crippen LogP contribution in [0.15, 0.2) is 28.1 Å². The van der Waals surface area contributed by atoms with Crippen molar-refractivity contribution in [1.82, 2.24) is 14.9 Å². The molecule has 0 aliphatic rings. The van der Waals surface area contributed by atoms with E-state index in [-0.39, 0.29) is 10.3 Å². The van der Waals surface area contributed by atoms with E-state index in [9.17, 15) is 4.79 Å². The van der Waals surface area contributed by atoms with Crippen molar-refractivity contribution in [1.29, 1.82) is 0 Å². The van der Waals surface area contributed by atoms with Crippen LogP contribution in [0, 0.1) is 4.77 Å². The molecule has 1 heterocycles. The van der Waals surface area contributed by atoms with E-state index in [2.05, 4.69) is 15.3 Å². The SMILES string of the molecule is CCOc1cc(/C=N\n2c(=S)[nH]nc(C(C)(C)C)c2=O)ccc1OC. The van der Waals surface area contributed by atoms with Gasteiger partial charge in [0.1, 0.15) is 5.69 Å². The van der Waals surface area contributed by atoms with E-state index in [0.717, 1.165) is 10.2 Å². The molecular formula is C17H22N4O3S. The zero-order valence-electron chi connectivity index (χ0n) is 15.0. The molecule has 2 rings (SSSR count). The van der Waals surface area contributed by atoms with Gasteiger partial charge in [0.25, 0.3) is 5.56 Å². The Kier molecular flexibility index (Phi) is 5.73. The van der Waals surface area contributed by atoms with Gasteiger partial charge in [-0.3, -0.25) is 9.89 Å². The number of ether oxygens (including phenoxy) is 2. The number of nitrogens with zero attached hydrogens (tertiary/aromatic N) is 3. The van der Waals surface area contributed by atoms with Crippen molar-refractivity contribution in [3.8, 4) is 11.5 Å². The van der Waals surface area contributed by atoms with Crippen LogP contribution in [0.4, 0.5) is 0 Å². The lowest BCUT2D eigenvalue weighted by Gasteiger charge is -2.16. The summed E-state index contributed by atoms with van der Waals surface area (Å²) in [6.07, 6.45) is 1.54. The molecule has 7 nitrogen and oxygen atoms in total. The Bertz CT molecular complexity index is 894. The van der Waals surface area contributed by atoms with Gasteiger partial charge in [-0.1, -0.05) is 20.8 Å². The Labute approximate surface area is 151 Å². The molecule has 0 aliphatic heterocycles. The molecule has 1 aromatic carbocycles. The Morgan fingerprint density at radius 2 is 2.08 bits per heavy atom. The highest BCUT2D eigenvalue weighted by Crippen LogP contribution is 2.27. The van der Waals surface area contributed by atoms with E-state index in [4.69, 9.17) is 21.7 Å². The topological polar surface area (TPSA) is 81.5 Å². The van der Waals surface area contributed by atoms with Gasteiger partial charge in [-0.2, -0.15) is 14.9 Å². The molecule has 0 radical (unpaired) electrons. The fourth-order valence-corrected chi connectivity index (χ4v) is 2.33. The summed E-state index contributed by atoms with van der Waals surface area (Å²) in [5.74, 6) is 1.24. The molecule has 0 saturated carbocycles. The van der Waals surface area contributed by atoms with Gasteiger partial charge in [-0.25, -0.2) is 0 Å². The van der Waals surface area contributed by atoms with E-state index < -0.39 is 5.41 Å². The first-order valence-electron chi connectivity index (χ1n) is 7.85. The average Bonchev–Trinajstić information content (AvgIpc) is 2.54. The first-order valence-corrected chi connectivity index (χ1v) is 8.26. The van der Waals surface area contributed by atoms with Gasteiger partial charge >= 0.3 is 0 Å². The van der Waals surface area contributed by atoms with Crippen molar-refractivity contribution in [3.63, 3.8) is 0 Å². The number of nitrogens with one attached hydrogen (secondary N) is 1. The molecule has 134 valence electrons. The van der Waals surface area contributed by atoms with Crippen molar-refractivity contribution >= 4 is 18.4 Å². The molecular weight excluding hydrogens is 340 g/mol. The minimum absolute atomic E-state index is 0.132. The van der Waals surface area contributed by atoms with Crippen LogP contribution < -0.4 is 15.0 Å². The highest BCUT2D eigenvalue weighted by molar-refractivity contribution is 7.71. The number of benzene rings is 1. The fourth-order valence-electron chi connectivity index (χ4n) is 2.15. The number of rotatable bonds is 5. The second-order valence-electron chi connectivity index (χ2n) is 6.33. The zero-order chi connectivity index (χ0) is 18.6. The van der Waals surface area contributed by atoms with Gasteiger partial charge in [0.2, 0.25) is 4.77 Å². The van der Waals surface area contributed by atoms with Crippen molar-refractivity contribution in [2.75, 3.05) is 13.7 Å². The Hall–Kier alpha value is -2.48. The second-order valence-corrected chi connectivity index (χ2v) is 6.72. The van der Waals surface area contributed by atoms with Crippen LogP contribution in [0.3, 0.4) is 0 Å². The lowest BCUT2D eigenvalue weighted by Crippen LogP contribution is -2.32.